The van der Waals surface area contributed by atoms with Crippen LogP contribution in [0, 0.1) is 0 Å². The van der Waals surface area contributed by atoms with Crippen LogP contribution in [0.25, 0.3) is 0 Å². The zero-order valence-electron chi connectivity index (χ0n) is 9.74. The average molecular weight is 286 g/mol. The Morgan fingerprint density at radius 2 is 2.21 bits per heavy atom. The number of H-pyrrole nitrogens is 2. The number of anilines is 1. The predicted molar refractivity (Wildman–Crippen MR) is 61.7 cm³/mol. The zero-order chi connectivity index (χ0) is 13.9. The monoisotopic (exact) mass is 286 g/mol. The molecule has 102 valence electrons. The minimum atomic E-state index is -4.04. The van der Waals surface area contributed by atoms with Crippen LogP contribution in [0.3, 0.4) is 0 Å². The molecule has 2 rings (SSSR count). The Morgan fingerprint density at radius 3 is 2.84 bits per heavy atom. The maximum absolute atomic E-state index is 12.0. The minimum absolute atomic E-state index is 0.0793. The topological polar surface area (TPSA) is 143 Å². The molecule has 0 saturated heterocycles. The number of nitrogens with one attached hydrogen (secondary N) is 3. The third-order valence-electron chi connectivity index (χ3n) is 2.01. The molecule has 2 aromatic rings. The van der Waals surface area contributed by atoms with Crippen molar-refractivity contribution >= 4 is 21.9 Å². The first-order valence-corrected chi connectivity index (χ1v) is 6.61. The standard InChI is InChI=1S/C8H10N6O4S/c1-2-18-7(15)5-3-10-12-6(5)19(16,17)14-8-9-4-11-13-8/h3-4H,2H2,1H3,(H,10,12)(H2,9,11,13,14). The lowest BCUT2D eigenvalue weighted by atomic mass is 10.4. The summed E-state index contributed by atoms with van der Waals surface area (Å²) >= 11 is 0. The highest BCUT2D eigenvalue weighted by Gasteiger charge is 2.26. The summed E-state index contributed by atoms with van der Waals surface area (Å²) in [7, 11) is -4.04. The van der Waals surface area contributed by atoms with Crippen LogP contribution in [-0.4, -0.2) is 46.4 Å². The molecule has 10 nitrogen and oxygen atoms in total. The quantitative estimate of drug-likeness (QED) is 0.629. The van der Waals surface area contributed by atoms with Crippen molar-refractivity contribution in [2.24, 2.45) is 0 Å². The van der Waals surface area contributed by atoms with Gasteiger partial charge in [0.05, 0.1) is 12.8 Å². The van der Waals surface area contributed by atoms with Crippen LogP contribution in [0.2, 0.25) is 0 Å². The number of rotatable bonds is 5. The van der Waals surface area contributed by atoms with E-state index in [-0.39, 0.29) is 18.1 Å². The maximum Gasteiger partial charge on any atom is 0.342 e. The van der Waals surface area contributed by atoms with Crippen LogP contribution in [0.4, 0.5) is 5.95 Å². The second-order valence-corrected chi connectivity index (χ2v) is 4.89. The molecule has 2 aromatic heterocycles. The van der Waals surface area contributed by atoms with Crippen molar-refractivity contribution in [1.82, 2.24) is 25.4 Å². The van der Waals surface area contributed by atoms with Gasteiger partial charge in [0, 0.05) is 0 Å². The number of carbonyl (C=O) groups excluding carboxylic acids is 1. The molecule has 0 bridgehead atoms. The number of esters is 1. The van der Waals surface area contributed by atoms with E-state index in [1.165, 1.54) is 0 Å². The Kier molecular flexibility index (Phi) is 3.46. The highest BCUT2D eigenvalue weighted by Crippen LogP contribution is 2.15. The van der Waals surface area contributed by atoms with Crippen molar-refractivity contribution in [3.05, 3.63) is 18.1 Å². The Balaban J connectivity index is 2.31. The van der Waals surface area contributed by atoms with Crippen LogP contribution in [-0.2, 0) is 14.8 Å². The molecule has 3 N–H and O–H groups in total. The largest absolute Gasteiger partial charge is 0.462 e. The van der Waals surface area contributed by atoms with Gasteiger partial charge in [0.25, 0.3) is 10.0 Å². The molecule has 0 saturated carbocycles. The van der Waals surface area contributed by atoms with Gasteiger partial charge in [-0.1, -0.05) is 0 Å². The molecule has 11 heteroatoms. The van der Waals surface area contributed by atoms with E-state index in [4.69, 9.17) is 4.74 Å². The summed E-state index contributed by atoms with van der Waals surface area (Å²) in [5.74, 6) is -0.862. The fourth-order valence-electron chi connectivity index (χ4n) is 1.27. The fourth-order valence-corrected chi connectivity index (χ4v) is 2.32. The Labute approximate surface area is 107 Å². The maximum atomic E-state index is 12.0. The number of hydrogen-bond acceptors (Lipinski definition) is 7. The third-order valence-corrected chi connectivity index (χ3v) is 3.33. The smallest absolute Gasteiger partial charge is 0.342 e. The van der Waals surface area contributed by atoms with Gasteiger partial charge in [-0.2, -0.15) is 23.6 Å². The molecular formula is C8H10N6O4S. The van der Waals surface area contributed by atoms with Crippen LogP contribution in [0.1, 0.15) is 17.3 Å². The number of carbonyl (C=O) groups is 1. The van der Waals surface area contributed by atoms with E-state index in [1.54, 1.807) is 6.92 Å². The van der Waals surface area contributed by atoms with Crippen LogP contribution in [0.15, 0.2) is 17.6 Å². The van der Waals surface area contributed by atoms with E-state index < -0.39 is 21.0 Å². The van der Waals surface area contributed by atoms with Crippen LogP contribution < -0.4 is 4.72 Å². The molecule has 2 heterocycles. The van der Waals surface area contributed by atoms with E-state index >= 15 is 0 Å². The molecule has 0 aliphatic rings. The van der Waals surface area contributed by atoms with E-state index in [0.29, 0.717) is 0 Å². The summed E-state index contributed by atoms with van der Waals surface area (Å²) in [6.07, 6.45) is 2.21. The van der Waals surface area contributed by atoms with E-state index in [1.807, 2.05) is 0 Å². The van der Waals surface area contributed by atoms with Crippen molar-refractivity contribution in [1.29, 1.82) is 0 Å². The van der Waals surface area contributed by atoms with E-state index in [9.17, 15) is 13.2 Å². The molecule has 0 aromatic carbocycles. The molecular weight excluding hydrogens is 276 g/mol. The first kappa shape index (κ1) is 13.0. The van der Waals surface area contributed by atoms with Crippen molar-refractivity contribution < 1.29 is 17.9 Å². The van der Waals surface area contributed by atoms with Crippen molar-refractivity contribution in [3.63, 3.8) is 0 Å². The molecule has 0 aliphatic heterocycles. The number of aromatic amines is 2. The van der Waals surface area contributed by atoms with E-state index in [2.05, 4.69) is 30.1 Å². The summed E-state index contributed by atoms with van der Waals surface area (Å²) in [6, 6.07) is 0. The number of ether oxygens (including phenoxy) is 1. The van der Waals surface area contributed by atoms with Gasteiger partial charge in [-0.3, -0.25) is 5.10 Å². The van der Waals surface area contributed by atoms with Gasteiger partial charge in [-0.05, 0) is 6.92 Å². The van der Waals surface area contributed by atoms with Gasteiger partial charge in [0.1, 0.15) is 11.9 Å². The van der Waals surface area contributed by atoms with Crippen molar-refractivity contribution in [2.75, 3.05) is 11.3 Å². The van der Waals surface area contributed by atoms with Crippen molar-refractivity contribution in [3.8, 4) is 0 Å². The van der Waals surface area contributed by atoms with Gasteiger partial charge in [-0.15, -0.1) is 0 Å². The Hall–Kier alpha value is -2.43. The molecule has 19 heavy (non-hydrogen) atoms. The molecule has 0 unspecified atom stereocenters. The third kappa shape index (κ3) is 2.70. The van der Waals surface area contributed by atoms with Gasteiger partial charge >= 0.3 is 5.97 Å². The molecule has 0 amide bonds. The predicted octanol–water partition coefficient (Wildman–Crippen LogP) is -0.495. The SMILES string of the molecule is CCOC(=O)c1cn[nH]c1S(=O)(=O)Nc1ncn[nH]1. The minimum Gasteiger partial charge on any atom is -0.462 e. The van der Waals surface area contributed by atoms with Gasteiger partial charge in [-0.25, -0.2) is 14.6 Å². The number of aromatic nitrogens is 5. The molecule has 0 atom stereocenters. The molecule has 0 aliphatic carbocycles. The lowest BCUT2D eigenvalue weighted by molar-refractivity contribution is 0.0522. The Morgan fingerprint density at radius 1 is 1.42 bits per heavy atom. The molecule has 0 spiro atoms. The Bertz CT molecular complexity index is 661. The highest BCUT2D eigenvalue weighted by atomic mass is 32.2. The average Bonchev–Trinajstić information content (AvgIpc) is 2.98. The highest BCUT2D eigenvalue weighted by molar-refractivity contribution is 7.92. The lowest BCUT2D eigenvalue weighted by Crippen LogP contribution is -2.18. The summed E-state index contributed by atoms with van der Waals surface area (Å²) in [5, 5.41) is 11.2. The van der Waals surface area contributed by atoms with Crippen LogP contribution in [0.5, 0.6) is 0 Å². The molecule has 0 fully saturated rings. The number of hydrogen-bond donors (Lipinski definition) is 3. The van der Waals surface area contributed by atoms with Gasteiger partial charge in [0.2, 0.25) is 5.95 Å². The normalized spacial score (nSPS) is 11.2. The lowest BCUT2D eigenvalue weighted by Gasteiger charge is -2.05. The molecule has 0 radical (unpaired) electrons. The van der Waals surface area contributed by atoms with Gasteiger partial charge < -0.3 is 4.74 Å². The fraction of sp³-hybridized carbons (Fsp3) is 0.250. The summed E-state index contributed by atoms with van der Waals surface area (Å²) in [4.78, 5) is 15.2. The van der Waals surface area contributed by atoms with Crippen molar-refractivity contribution in [2.45, 2.75) is 11.9 Å². The number of nitrogens with zero attached hydrogens (tertiary/aromatic N) is 3. The zero-order valence-corrected chi connectivity index (χ0v) is 10.6. The van der Waals surface area contributed by atoms with E-state index in [0.717, 1.165) is 12.5 Å². The van der Waals surface area contributed by atoms with Crippen LogP contribution >= 0.6 is 0 Å². The summed E-state index contributed by atoms with van der Waals surface area (Å²) < 4.78 is 30.9. The second-order valence-electron chi connectivity index (χ2n) is 3.27. The first-order chi connectivity index (χ1) is 9.04. The summed E-state index contributed by atoms with van der Waals surface area (Å²) in [5.41, 5.74) is -0.186. The van der Waals surface area contributed by atoms with Gasteiger partial charge in [0.15, 0.2) is 5.03 Å². The summed E-state index contributed by atoms with van der Waals surface area (Å²) in [6.45, 7) is 1.73. The number of sulfonamides is 1. The second kappa shape index (κ2) is 5.06. The first-order valence-electron chi connectivity index (χ1n) is 5.13.